The normalized spacial score (nSPS) is 13.7. The Bertz CT molecular complexity index is 150. The number of nitrogens with two attached hydrogens (primary N) is 1. The van der Waals surface area contributed by atoms with Gasteiger partial charge in [-0.15, -0.1) is 0 Å². The van der Waals surface area contributed by atoms with Crippen LogP contribution in [0.4, 0.5) is 0 Å². The molecule has 0 bridgehead atoms. The summed E-state index contributed by atoms with van der Waals surface area (Å²) in [5.41, 5.74) is 5.26. The summed E-state index contributed by atoms with van der Waals surface area (Å²) in [4.78, 5) is 0. The second-order valence-corrected chi connectivity index (χ2v) is 3.08. The Morgan fingerprint density at radius 2 is 2.09 bits per heavy atom. The van der Waals surface area contributed by atoms with E-state index in [-0.39, 0.29) is 6.10 Å². The van der Waals surface area contributed by atoms with Crippen LogP contribution in [0.1, 0.15) is 26.2 Å². The first-order chi connectivity index (χ1) is 5.16. The van der Waals surface area contributed by atoms with Crippen LogP contribution in [0.25, 0.3) is 0 Å². The minimum Gasteiger partial charge on any atom is -0.330 e. The zero-order valence-corrected chi connectivity index (χ0v) is 7.55. The number of rotatable bonds is 6. The van der Waals surface area contributed by atoms with E-state index in [0.29, 0.717) is 6.54 Å². The lowest BCUT2D eigenvalue weighted by molar-refractivity contribution is 0.224. The molecule has 0 heterocycles. The maximum absolute atomic E-state index is 10.0. The summed E-state index contributed by atoms with van der Waals surface area (Å²) in [5, 5.41) is 0. The molecule has 11 heavy (non-hydrogen) atoms. The van der Waals surface area contributed by atoms with Crippen LogP contribution in [0, 0.1) is 0 Å². The average molecular weight is 181 g/mol. The zero-order valence-electron chi connectivity index (χ0n) is 6.66. The van der Waals surface area contributed by atoms with Gasteiger partial charge in [-0.3, -0.25) is 4.18 Å². The Kier molecular flexibility index (Phi) is 6.49. The van der Waals surface area contributed by atoms with Crippen molar-refractivity contribution in [3.8, 4) is 0 Å². The smallest absolute Gasteiger partial charge is 0.257 e. The fourth-order valence-corrected chi connectivity index (χ4v) is 1.18. The molecule has 0 saturated heterocycles. The van der Waals surface area contributed by atoms with Crippen LogP contribution in [0.5, 0.6) is 0 Å². The Balaban J connectivity index is 3.29. The van der Waals surface area contributed by atoms with E-state index < -0.39 is 11.0 Å². The van der Waals surface area contributed by atoms with E-state index in [0.717, 1.165) is 19.3 Å². The largest absolute Gasteiger partial charge is 0.330 e. The first-order valence-electron chi connectivity index (χ1n) is 3.68. The summed E-state index contributed by atoms with van der Waals surface area (Å²) >= 11 is 0. The van der Waals surface area contributed by atoms with Crippen molar-refractivity contribution in [3.05, 3.63) is 0 Å². The molecular weight excluding hydrogens is 166 g/mol. The SMILES string of the molecule is CC(CCCCN)O[SH](=O)=O. The molecule has 1 unspecified atom stereocenters. The molecule has 0 aromatic rings. The van der Waals surface area contributed by atoms with Crippen LogP contribution in [-0.4, -0.2) is 21.1 Å². The third-order valence-corrected chi connectivity index (χ3v) is 1.86. The van der Waals surface area contributed by atoms with Gasteiger partial charge in [-0.05, 0) is 32.7 Å². The second kappa shape index (κ2) is 6.57. The Hall–Kier alpha value is -0.130. The molecule has 0 aromatic heterocycles. The van der Waals surface area contributed by atoms with Crippen molar-refractivity contribution in [2.45, 2.75) is 32.3 Å². The van der Waals surface area contributed by atoms with Gasteiger partial charge < -0.3 is 5.73 Å². The molecule has 0 aliphatic heterocycles. The van der Waals surface area contributed by atoms with Crippen molar-refractivity contribution in [3.63, 3.8) is 0 Å². The van der Waals surface area contributed by atoms with Crippen LogP contribution in [0.2, 0.25) is 0 Å². The van der Waals surface area contributed by atoms with Crippen molar-refractivity contribution in [1.29, 1.82) is 0 Å². The maximum Gasteiger partial charge on any atom is 0.257 e. The summed E-state index contributed by atoms with van der Waals surface area (Å²) in [5.74, 6) is 0. The molecule has 0 aliphatic rings. The first kappa shape index (κ1) is 10.9. The van der Waals surface area contributed by atoms with E-state index >= 15 is 0 Å². The lowest BCUT2D eigenvalue weighted by Gasteiger charge is -2.05. The van der Waals surface area contributed by atoms with Crippen molar-refractivity contribution < 1.29 is 12.6 Å². The fourth-order valence-electron chi connectivity index (χ4n) is 0.776. The van der Waals surface area contributed by atoms with Gasteiger partial charge in [0.2, 0.25) is 0 Å². The predicted molar refractivity (Wildman–Crippen MR) is 43.8 cm³/mol. The summed E-state index contributed by atoms with van der Waals surface area (Å²) in [6.45, 7) is 2.39. The van der Waals surface area contributed by atoms with E-state index in [1.807, 2.05) is 0 Å². The molecule has 0 rings (SSSR count). The summed E-state index contributed by atoms with van der Waals surface area (Å²) in [6.07, 6.45) is 2.38. The minimum atomic E-state index is -2.69. The molecule has 0 saturated carbocycles. The predicted octanol–water partition coefficient (Wildman–Crippen LogP) is 0.0469. The van der Waals surface area contributed by atoms with Gasteiger partial charge in [0.15, 0.2) is 0 Å². The number of unbranched alkanes of at least 4 members (excludes halogenated alkanes) is 1. The monoisotopic (exact) mass is 181 g/mol. The van der Waals surface area contributed by atoms with Crippen molar-refractivity contribution in [2.24, 2.45) is 5.73 Å². The fraction of sp³-hybridized carbons (Fsp3) is 1.00. The summed E-state index contributed by atoms with van der Waals surface area (Å²) in [7, 11) is -2.69. The summed E-state index contributed by atoms with van der Waals surface area (Å²) in [6, 6.07) is 0. The molecule has 0 amide bonds. The lowest BCUT2D eigenvalue weighted by Crippen LogP contribution is -2.08. The van der Waals surface area contributed by atoms with Crippen LogP contribution >= 0.6 is 0 Å². The van der Waals surface area contributed by atoms with E-state index in [9.17, 15) is 8.42 Å². The Morgan fingerprint density at radius 3 is 2.55 bits per heavy atom. The highest BCUT2D eigenvalue weighted by molar-refractivity contribution is 7.67. The van der Waals surface area contributed by atoms with E-state index in [1.54, 1.807) is 6.92 Å². The molecule has 0 aromatic carbocycles. The molecule has 5 heteroatoms. The van der Waals surface area contributed by atoms with Gasteiger partial charge in [0.25, 0.3) is 11.0 Å². The van der Waals surface area contributed by atoms with Gasteiger partial charge in [-0.1, -0.05) is 0 Å². The van der Waals surface area contributed by atoms with E-state index in [4.69, 9.17) is 5.73 Å². The third-order valence-electron chi connectivity index (χ3n) is 1.33. The standard InChI is InChI=1S/C6H15NO3S/c1-6(10-11(8)9)4-2-3-5-7/h6,11H,2-5,7H2,1H3. The highest BCUT2D eigenvalue weighted by atomic mass is 32.2. The molecule has 68 valence electrons. The highest BCUT2D eigenvalue weighted by Gasteiger charge is 2.01. The molecule has 0 spiro atoms. The molecule has 0 fully saturated rings. The number of thiol groups is 1. The Morgan fingerprint density at radius 1 is 1.45 bits per heavy atom. The second-order valence-electron chi connectivity index (χ2n) is 2.42. The van der Waals surface area contributed by atoms with Gasteiger partial charge in [-0.2, -0.15) is 0 Å². The van der Waals surface area contributed by atoms with Gasteiger partial charge >= 0.3 is 0 Å². The third kappa shape index (κ3) is 7.77. The summed E-state index contributed by atoms with van der Waals surface area (Å²) < 4.78 is 24.6. The number of hydrogen-bond acceptors (Lipinski definition) is 4. The molecule has 0 radical (unpaired) electrons. The zero-order chi connectivity index (χ0) is 8.69. The topological polar surface area (TPSA) is 69.4 Å². The van der Waals surface area contributed by atoms with Crippen LogP contribution < -0.4 is 5.73 Å². The molecular formula is C6H15NO3S. The molecule has 1 atom stereocenters. The minimum absolute atomic E-state index is 0.206. The maximum atomic E-state index is 10.0. The van der Waals surface area contributed by atoms with E-state index in [2.05, 4.69) is 4.18 Å². The quantitative estimate of drug-likeness (QED) is 0.448. The lowest BCUT2D eigenvalue weighted by atomic mass is 10.2. The van der Waals surface area contributed by atoms with Gasteiger partial charge in [0.05, 0.1) is 6.10 Å². The van der Waals surface area contributed by atoms with Crippen LogP contribution in [0.3, 0.4) is 0 Å². The molecule has 2 N–H and O–H groups in total. The Labute approximate surface area is 68.9 Å². The molecule has 4 nitrogen and oxygen atoms in total. The highest BCUT2D eigenvalue weighted by Crippen LogP contribution is 2.02. The van der Waals surface area contributed by atoms with Gasteiger partial charge in [0, 0.05) is 0 Å². The van der Waals surface area contributed by atoms with Crippen molar-refractivity contribution in [2.75, 3.05) is 6.54 Å². The van der Waals surface area contributed by atoms with Crippen LogP contribution in [0.15, 0.2) is 0 Å². The first-order valence-corrected chi connectivity index (χ1v) is 4.77. The van der Waals surface area contributed by atoms with Gasteiger partial charge in [0.1, 0.15) is 0 Å². The van der Waals surface area contributed by atoms with Crippen molar-refractivity contribution >= 4 is 11.0 Å². The van der Waals surface area contributed by atoms with Gasteiger partial charge in [-0.25, -0.2) is 8.42 Å². The molecule has 0 aliphatic carbocycles. The van der Waals surface area contributed by atoms with Crippen molar-refractivity contribution in [1.82, 2.24) is 0 Å². The number of hydrogen-bond donors (Lipinski definition) is 2. The average Bonchev–Trinajstić information content (AvgIpc) is 1.86. The van der Waals surface area contributed by atoms with E-state index in [1.165, 1.54) is 0 Å². The van der Waals surface area contributed by atoms with Crippen LogP contribution in [-0.2, 0) is 15.2 Å².